The summed E-state index contributed by atoms with van der Waals surface area (Å²) in [5, 5.41) is 0. The second-order valence-electron chi connectivity index (χ2n) is 4.87. The lowest BCUT2D eigenvalue weighted by Crippen LogP contribution is -2.28. The number of rotatable bonds is 5. The number of benzene rings is 1. The Morgan fingerprint density at radius 3 is 3.06 bits per heavy atom. The summed E-state index contributed by atoms with van der Waals surface area (Å²) in [5.41, 5.74) is 7.11. The minimum absolute atomic E-state index is 0.382. The van der Waals surface area contributed by atoms with Gasteiger partial charge in [-0.15, -0.1) is 0 Å². The molecule has 0 radical (unpaired) electrons. The van der Waals surface area contributed by atoms with E-state index in [2.05, 4.69) is 24.0 Å². The summed E-state index contributed by atoms with van der Waals surface area (Å²) in [6.07, 6.45) is 2.21. The molecule has 3 heteroatoms. The van der Waals surface area contributed by atoms with Crippen LogP contribution in [0.25, 0.3) is 0 Å². The van der Waals surface area contributed by atoms with Crippen molar-refractivity contribution >= 4 is 0 Å². The molecule has 1 aromatic rings. The van der Waals surface area contributed by atoms with Crippen LogP contribution in [0.2, 0.25) is 0 Å². The SMILES string of the molecule is Cc1cccc(OCCCN2CCC(N)C2)c1. The average Bonchev–Trinajstić information content (AvgIpc) is 2.71. The van der Waals surface area contributed by atoms with Gasteiger partial charge in [-0.1, -0.05) is 12.1 Å². The Bertz CT molecular complexity index is 354. The summed E-state index contributed by atoms with van der Waals surface area (Å²) in [4.78, 5) is 2.42. The second-order valence-corrected chi connectivity index (χ2v) is 4.87. The van der Waals surface area contributed by atoms with Crippen LogP contribution in [0.1, 0.15) is 18.4 Å². The molecule has 1 fully saturated rings. The van der Waals surface area contributed by atoms with E-state index in [0.717, 1.165) is 44.8 Å². The lowest BCUT2D eigenvalue weighted by Gasteiger charge is -2.15. The molecule has 0 bridgehead atoms. The lowest BCUT2D eigenvalue weighted by molar-refractivity contribution is 0.262. The first-order chi connectivity index (χ1) is 8.24. The summed E-state index contributed by atoms with van der Waals surface area (Å²) in [6, 6.07) is 8.58. The van der Waals surface area contributed by atoms with Gasteiger partial charge in [0, 0.05) is 19.1 Å². The smallest absolute Gasteiger partial charge is 0.119 e. The van der Waals surface area contributed by atoms with Gasteiger partial charge in [0.1, 0.15) is 5.75 Å². The molecule has 1 aliphatic heterocycles. The highest BCUT2D eigenvalue weighted by Gasteiger charge is 2.17. The number of hydrogen-bond acceptors (Lipinski definition) is 3. The van der Waals surface area contributed by atoms with Gasteiger partial charge in [-0.05, 0) is 44.0 Å². The topological polar surface area (TPSA) is 38.5 Å². The summed E-state index contributed by atoms with van der Waals surface area (Å²) >= 11 is 0. The molecule has 1 aromatic carbocycles. The Kier molecular flexibility index (Phi) is 4.40. The third-order valence-corrected chi connectivity index (χ3v) is 3.19. The van der Waals surface area contributed by atoms with Crippen LogP contribution >= 0.6 is 0 Å². The van der Waals surface area contributed by atoms with Gasteiger partial charge in [-0.3, -0.25) is 0 Å². The Balaban J connectivity index is 1.63. The zero-order valence-electron chi connectivity index (χ0n) is 10.6. The van der Waals surface area contributed by atoms with Gasteiger partial charge >= 0.3 is 0 Å². The molecule has 1 saturated heterocycles. The fourth-order valence-corrected chi connectivity index (χ4v) is 2.25. The molecule has 2 rings (SSSR count). The molecule has 3 nitrogen and oxygen atoms in total. The average molecular weight is 234 g/mol. The quantitative estimate of drug-likeness (QED) is 0.790. The van der Waals surface area contributed by atoms with E-state index in [4.69, 9.17) is 10.5 Å². The summed E-state index contributed by atoms with van der Waals surface area (Å²) in [7, 11) is 0. The van der Waals surface area contributed by atoms with Crippen molar-refractivity contribution < 1.29 is 4.74 Å². The molecule has 0 amide bonds. The minimum Gasteiger partial charge on any atom is -0.494 e. The second kappa shape index (κ2) is 6.03. The molecule has 1 heterocycles. The monoisotopic (exact) mass is 234 g/mol. The van der Waals surface area contributed by atoms with Crippen LogP contribution in [-0.4, -0.2) is 37.2 Å². The van der Waals surface area contributed by atoms with Gasteiger partial charge in [-0.25, -0.2) is 0 Å². The molecule has 94 valence electrons. The van der Waals surface area contributed by atoms with Gasteiger partial charge in [0.05, 0.1) is 6.61 Å². The highest BCUT2D eigenvalue weighted by molar-refractivity contribution is 5.27. The van der Waals surface area contributed by atoms with Crippen molar-refractivity contribution in [2.45, 2.75) is 25.8 Å². The van der Waals surface area contributed by atoms with E-state index in [-0.39, 0.29) is 0 Å². The predicted octanol–water partition coefficient (Wildman–Crippen LogP) is 1.80. The fourth-order valence-electron chi connectivity index (χ4n) is 2.25. The van der Waals surface area contributed by atoms with Crippen LogP contribution in [0.5, 0.6) is 5.75 Å². The predicted molar refractivity (Wildman–Crippen MR) is 70.3 cm³/mol. The minimum atomic E-state index is 0.382. The first-order valence-electron chi connectivity index (χ1n) is 6.41. The van der Waals surface area contributed by atoms with Gasteiger partial charge in [0.25, 0.3) is 0 Å². The first-order valence-corrected chi connectivity index (χ1v) is 6.41. The van der Waals surface area contributed by atoms with Crippen LogP contribution in [0, 0.1) is 6.92 Å². The Morgan fingerprint density at radius 2 is 2.35 bits per heavy atom. The van der Waals surface area contributed by atoms with Crippen molar-refractivity contribution in [3.05, 3.63) is 29.8 Å². The number of likely N-dealkylation sites (tertiary alicyclic amines) is 1. The normalized spacial score (nSPS) is 20.7. The molecule has 0 aromatic heterocycles. The van der Waals surface area contributed by atoms with Crippen molar-refractivity contribution in [3.8, 4) is 5.75 Å². The highest BCUT2D eigenvalue weighted by Crippen LogP contribution is 2.13. The number of nitrogens with zero attached hydrogens (tertiary/aromatic N) is 1. The van der Waals surface area contributed by atoms with Gasteiger partial charge in [0.15, 0.2) is 0 Å². The molecule has 0 spiro atoms. The standard InChI is InChI=1S/C14H22N2O/c1-12-4-2-5-14(10-12)17-9-3-7-16-8-6-13(15)11-16/h2,4-5,10,13H,3,6-9,11,15H2,1H3. The molecule has 1 unspecified atom stereocenters. The lowest BCUT2D eigenvalue weighted by atomic mass is 10.2. The van der Waals surface area contributed by atoms with Crippen LogP contribution in [0.15, 0.2) is 24.3 Å². The third-order valence-electron chi connectivity index (χ3n) is 3.19. The maximum absolute atomic E-state index is 5.86. The molecule has 1 atom stereocenters. The van der Waals surface area contributed by atoms with E-state index in [1.54, 1.807) is 0 Å². The number of nitrogens with two attached hydrogens (primary N) is 1. The van der Waals surface area contributed by atoms with E-state index >= 15 is 0 Å². The molecule has 2 N–H and O–H groups in total. The molecule has 0 aliphatic carbocycles. The van der Waals surface area contributed by atoms with Crippen LogP contribution in [0.4, 0.5) is 0 Å². The highest BCUT2D eigenvalue weighted by atomic mass is 16.5. The van der Waals surface area contributed by atoms with Crippen molar-refractivity contribution in [1.82, 2.24) is 4.90 Å². The zero-order chi connectivity index (χ0) is 12.1. The van der Waals surface area contributed by atoms with Crippen LogP contribution < -0.4 is 10.5 Å². The first kappa shape index (κ1) is 12.4. The molecular formula is C14H22N2O. The molecule has 1 aliphatic rings. The Labute approximate surface area is 104 Å². The molecule has 17 heavy (non-hydrogen) atoms. The number of aryl methyl sites for hydroxylation is 1. The van der Waals surface area contributed by atoms with Gasteiger partial charge in [-0.2, -0.15) is 0 Å². The fraction of sp³-hybridized carbons (Fsp3) is 0.571. The van der Waals surface area contributed by atoms with E-state index in [0.29, 0.717) is 6.04 Å². The Hall–Kier alpha value is -1.06. The van der Waals surface area contributed by atoms with E-state index in [9.17, 15) is 0 Å². The third kappa shape index (κ3) is 4.02. The van der Waals surface area contributed by atoms with E-state index in [1.807, 2.05) is 12.1 Å². The summed E-state index contributed by atoms with van der Waals surface area (Å²) < 4.78 is 5.72. The van der Waals surface area contributed by atoms with Crippen molar-refractivity contribution in [1.29, 1.82) is 0 Å². The van der Waals surface area contributed by atoms with Crippen LogP contribution in [0.3, 0.4) is 0 Å². The van der Waals surface area contributed by atoms with Gasteiger partial charge < -0.3 is 15.4 Å². The maximum atomic E-state index is 5.86. The van der Waals surface area contributed by atoms with Crippen LogP contribution in [-0.2, 0) is 0 Å². The van der Waals surface area contributed by atoms with Crippen molar-refractivity contribution in [2.75, 3.05) is 26.2 Å². The molecular weight excluding hydrogens is 212 g/mol. The Morgan fingerprint density at radius 1 is 1.47 bits per heavy atom. The van der Waals surface area contributed by atoms with Crippen molar-refractivity contribution in [2.24, 2.45) is 5.73 Å². The number of hydrogen-bond donors (Lipinski definition) is 1. The van der Waals surface area contributed by atoms with E-state index in [1.165, 1.54) is 5.56 Å². The number of ether oxygens (including phenoxy) is 1. The van der Waals surface area contributed by atoms with Gasteiger partial charge in [0.2, 0.25) is 0 Å². The molecule has 0 saturated carbocycles. The van der Waals surface area contributed by atoms with Crippen molar-refractivity contribution in [3.63, 3.8) is 0 Å². The van der Waals surface area contributed by atoms with E-state index < -0.39 is 0 Å². The summed E-state index contributed by atoms with van der Waals surface area (Å²) in [5.74, 6) is 0.975. The zero-order valence-corrected chi connectivity index (χ0v) is 10.6. The summed E-state index contributed by atoms with van der Waals surface area (Å²) in [6.45, 7) is 6.16. The largest absolute Gasteiger partial charge is 0.494 e. The maximum Gasteiger partial charge on any atom is 0.119 e.